The largest absolute Gasteiger partial charge is 0.458 e. The highest BCUT2D eigenvalue weighted by molar-refractivity contribution is 5.78. The summed E-state index contributed by atoms with van der Waals surface area (Å²) in [5, 5.41) is 23.7. The Morgan fingerprint density at radius 1 is 0.542 bits per heavy atom. The summed E-state index contributed by atoms with van der Waals surface area (Å²) < 4.78 is 5.77. The minimum Gasteiger partial charge on any atom is -0.458 e. The third kappa shape index (κ3) is 41.6. The molecule has 0 saturated carbocycles. The molecule has 0 aromatic carbocycles. The van der Waals surface area contributed by atoms with Gasteiger partial charge in [0.1, 0.15) is 6.10 Å². The summed E-state index contributed by atoms with van der Waals surface area (Å²) in [5.41, 5.74) is 0. The average Bonchev–Trinajstić information content (AvgIpc) is 3.23. The number of esters is 1. The van der Waals surface area contributed by atoms with Crippen LogP contribution in [0.5, 0.6) is 0 Å². The second kappa shape index (κ2) is 46.1. The first-order valence-electron chi connectivity index (χ1n) is 24.4. The summed E-state index contributed by atoms with van der Waals surface area (Å²) in [6.07, 6.45) is 59.7. The van der Waals surface area contributed by atoms with E-state index in [0.29, 0.717) is 19.3 Å². The molecule has 0 aliphatic carbocycles. The van der Waals surface area contributed by atoms with Crippen molar-refractivity contribution in [2.75, 3.05) is 6.61 Å². The number of carbonyl (C=O) groups excluding carboxylic acids is 2. The number of aliphatic hydroxyl groups excluding tert-OH is 2. The van der Waals surface area contributed by atoms with Crippen molar-refractivity contribution in [3.05, 3.63) is 85.1 Å². The van der Waals surface area contributed by atoms with Crippen LogP contribution in [0.15, 0.2) is 85.1 Å². The molecule has 0 rings (SSSR count). The van der Waals surface area contributed by atoms with Crippen molar-refractivity contribution in [1.29, 1.82) is 0 Å². The molecule has 0 radical (unpaired) electrons. The Balaban J connectivity index is 4.69. The molecule has 0 heterocycles. The zero-order chi connectivity index (χ0) is 43.1. The molecule has 0 bridgehead atoms. The van der Waals surface area contributed by atoms with E-state index in [1.54, 1.807) is 6.08 Å². The third-order valence-electron chi connectivity index (χ3n) is 10.6. The number of unbranched alkanes of at least 4 members (excludes halogenated alkanes) is 22. The molecule has 3 atom stereocenters. The second-order valence-electron chi connectivity index (χ2n) is 16.3. The lowest BCUT2D eigenvalue weighted by Gasteiger charge is -2.23. The molecule has 0 saturated heterocycles. The van der Waals surface area contributed by atoms with Crippen LogP contribution in [-0.4, -0.2) is 46.9 Å². The number of carbonyl (C=O) groups is 2. The normalized spacial score (nSPS) is 14.1. The molecule has 6 nitrogen and oxygen atoms in total. The maximum atomic E-state index is 13.1. The summed E-state index contributed by atoms with van der Waals surface area (Å²) in [7, 11) is 0. The maximum absolute atomic E-state index is 13.1. The Kier molecular flexibility index (Phi) is 43.8. The molecule has 338 valence electrons. The van der Waals surface area contributed by atoms with Crippen molar-refractivity contribution in [2.45, 2.75) is 232 Å². The lowest BCUT2D eigenvalue weighted by molar-refractivity contribution is -0.148. The van der Waals surface area contributed by atoms with E-state index in [1.165, 1.54) is 122 Å². The van der Waals surface area contributed by atoms with Crippen molar-refractivity contribution >= 4 is 11.9 Å². The molecule has 0 spiro atoms. The van der Waals surface area contributed by atoms with E-state index in [0.717, 1.165) is 38.5 Å². The Labute approximate surface area is 363 Å². The summed E-state index contributed by atoms with van der Waals surface area (Å²) in [6.45, 7) is 6.27. The number of amides is 1. The van der Waals surface area contributed by atoms with Crippen molar-refractivity contribution in [3.8, 4) is 0 Å². The molecule has 0 aliphatic rings. The van der Waals surface area contributed by atoms with E-state index in [4.69, 9.17) is 4.74 Å². The van der Waals surface area contributed by atoms with Crippen LogP contribution in [0.4, 0.5) is 0 Å². The third-order valence-corrected chi connectivity index (χ3v) is 10.6. The van der Waals surface area contributed by atoms with E-state index in [9.17, 15) is 19.8 Å². The first kappa shape index (κ1) is 56.0. The van der Waals surface area contributed by atoms with Crippen LogP contribution in [-0.2, 0) is 14.3 Å². The summed E-state index contributed by atoms with van der Waals surface area (Å²) >= 11 is 0. The standard InChI is InChI=1S/C53H91NO5/c1-4-7-10-13-16-19-22-24-25-26-28-30-33-36-39-42-45-51(56)50(48-55)54-52(57)47-49(44-41-38-35-32-29-21-18-15-12-9-6-3)59-53(58)46-43-40-37-34-31-27-23-20-17-14-11-8-5-2/h8,11,14,17,20,23,27,31-32,34-35,37,41,44,49-51,55-56H,4-7,9-10,12-13,15-16,18-19,21-22,24-26,28-30,33,36,38-40,42-43,45-48H2,1-3H3,(H,54,57)/b11-8+,17-14+,23-20-,31-27-,35-32-,37-34+,44-41+. The molecule has 59 heavy (non-hydrogen) atoms. The van der Waals surface area contributed by atoms with Crippen molar-refractivity contribution in [1.82, 2.24) is 5.32 Å². The number of ether oxygens (including phenoxy) is 1. The minimum atomic E-state index is -0.826. The van der Waals surface area contributed by atoms with Crippen LogP contribution in [0.2, 0.25) is 0 Å². The highest BCUT2D eigenvalue weighted by Gasteiger charge is 2.23. The van der Waals surface area contributed by atoms with Crippen LogP contribution in [0.1, 0.15) is 213 Å². The summed E-state index contributed by atoms with van der Waals surface area (Å²) in [5.74, 6) is -0.697. The number of nitrogens with one attached hydrogen (secondary N) is 1. The Morgan fingerprint density at radius 2 is 1.02 bits per heavy atom. The highest BCUT2D eigenvalue weighted by Crippen LogP contribution is 2.16. The number of aliphatic hydroxyl groups is 2. The molecular weight excluding hydrogens is 731 g/mol. The molecule has 1 amide bonds. The lowest BCUT2D eigenvalue weighted by Crippen LogP contribution is -2.46. The number of hydrogen-bond donors (Lipinski definition) is 3. The van der Waals surface area contributed by atoms with E-state index in [2.05, 4.69) is 44.3 Å². The van der Waals surface area contributed by atoms with Gasteiger partial charge in [0.15, 0.2) is 0 Å². The Morgan fingerprint density at radius 3 is 1.54 bits per heavy atom. The van der Waals surface area contributed by atoms with Crippen molar-refractivity contribution in [3.63, 3.8) is 0 Å². The van der Waals surface area contributed by atoms with Crippen LogP contribution < -0.4 is 5.32 Å². The fourth-order valence-corrected chi connectivity index (χ4v) is 6.90. The molecule has 3 unspecified atom stereocenters. The molecule has 0 fully saturated rings. The van der Waals surface area contributed by atoms with Gasteiger partial charge in [-0.3, -0.25) is 9.59 Å². The average molecular weight is 822 g/mol. The summed E-state index contributed by atoms with van der Waals surface area (Å²) in [4.78, 5) is 25.9. The molecular formula is C53H91NO5. The van der Waals surface area contributed by atoms with E-state index in [1.807, 2.05) is 60.8 Å². The zero-order valence-corrected chi connectivity index (χ0v) is 38.4. The van der Waals surface area contributed by atoms with E-state index >= 15 is 0 Å². The fourth-order valence-electron chi connectivity index (χ4n) is 6.90. The van der Waals surface area contributed by atoms with Gasteiger partial charge in [-0.15, -0.1) is 0 Å². The molecule has 0 aliphatic heterocycles. The Bertz CT molecular complexity index is 1150. The van der Waals surface area contributed by atoms with Gasteiger partial charge in [0.2, 0.25) is 5.91 Å². The zero-order valence-electron chi connectivity index (χ0n) is 38.4. The predicted octanol–water partition coefficient (Wildman–Crippen LogP) is 14.4. The highest BCUT2D eigenvalue weighted by atomic mass is 16.5. The van der Waals surface area contributed by atoms with Gasteiger partial charge in [0.25, 0.3) is 0 Å². The molecule has 0 aromatic rings. The van der Waals surface area contributed by atoms with Gasteiger partial charge < -0.3 is 20.3 Å². The van der Waals surface area contributed by atoms with Gasteiger partial charge in [0.05, 0.1) is 25.2 Å². The molecule has 0 aromatic heterocycles. The second-order valence-corrected chi connectivity index (χ2v) is 16.3. The van der Waals surface area contributed by atoms with E-state index < -0.39 is 18.2 Å². The maximum Gasteiger partial charge on any atom is 0.306 e. The van der Waals surface area contributed by atoms with Gasteiger partial charge >= 0.3 is 5.97 Å². The van der Waals surface area contributed by atoms with Crippen LogP contribution >= 0.6 is 0 Å². The van der Waals surface area contributed by atoms with Gasteiger partial charge in [-0.2, -0.15) is 0 Å². The van der Waals surface area contributed by atoms with Crippen LogP contribution in [0.25, 0.3) is 0 Å². The number of allylic oxidation sites excluding steroid dienone is 13. The smallest absolute Gasteiger partial charge is 0.306 e. The van der Waals surface area contributed by atoms with Crippen LogP contribution in [0, 0.1) is 0 Å². The van der Waals surface area contributed by atoms with Gasteiger partial charge in [-0.05, 0) is 51.0 Å². The minimum absolute atomic E-state index is 0.0612. The van der Waals surface area contributed by atoms with Crippen LogP contribution in [0.3, 0.4) is 0 Å². The van der Waals surface area contributed by atoms with E-state index in [-0.39, 0.29) is 31.3 Å². The first-order chi connectivity index (χ1) is 29.0. The lowest BCUT2D eigenvalue weighted by atomic mass is 10.0. The monoisotopic (exact) mass is 822 g/mol. The predicted molar refractivity (Wildman–Crippen MR) is 254 cm³/mol. The fraction of sp³-hybridized carbons (Fsp3) is 0.698. The number of hydrogen-bond acceptors (Lipinski definition) is 5. The number of rotatable bonds is 42. The topological polar surface area (TPSA) is 95.9 Å². The van der Waals surface area contributed by atoms with Crippen molar-refractivity contribution in [2.24, 2.45) is 0 Å². The van der Waals surface area contributed by atoms with Crippen molar-refractivity contribution < 1.29 is 24.5 Å². The molecule has 3 N–H and O–H groups in total. The molecule has 6 heteroatoms. The van der Waals surface area contributed by atoms with Gasteiger partial charge in [0, 0.05) is 6.42 Å². The summed E-state index contributed by atoms with van der Waals surface area (Å²) in [6, 6.07) is -0.750. The first-order valence-corrected chi connectivity index (χ1v) is 24.4. The Hall–Kier alpha value is -2.96. The quantitative estimate of drug-likeness (QED) is 0.0247. The van der Waals surface area contributed by atoms with Gasteiger partial charge in [-0.25, -0.2) is 0 Å². The van der Waals surface area contributed by atoms with Gasteiger partial charge in [-0.1, -0.05) is 235 Å². The SMILES string of the molecule is CC/C=C/C=C/C=C\C=C/C=C/CCCC(=O)OC(/C=C/C/C=C\CCCCCCCC)CC(=O)NC(CO)C(O)CCCCCCCCCCCCCCCCCC.